The molecule has 1 N–H and O–H groups in total. The smallest absolute Gasteiger partial charge is 0.261 e. The summed E-state index contributed by atoms with van der Waals surface area (Å²) in [6, 6.07) is 18.2. The van der Waals surface area contributed by atoms with Crippen molar-refractivity contribution >= 4 is 16.8 Å². The van der Waals surface area contributed by atoms with Crippen LogP contribution in [0.4, 0.5) is 0 Å². The molecule has 1 saturated carbocycles. The fourth-order valence-corrected chi connectivity index (χ4v) is 2.94. The minimum absolute atomic E-state index is 0.0490. The molecule has 4 rings (SSSR count). The van der Waals surface area contributed by atoms with Crippen molar-refractivity contribution in [2.45, 2.75) is 25.4 Å². The standard InChI is InChI=1S/C20H20N2O2/c23-20(14-24-18-4-2-1-3-5-18)22(17-8-9-17)13-15-6-7-16-10-11-21-19(16)12-15/h1-7,10-12,17,21H,8-9,13-14H2. The van der Waals surface area contributed by atoms with Gasteiger partial charge >= 0.3 is 0 Å². The van der Waals surface area contributed by atoms with Gasteiger partial charge in [-0.2, -0.15) is 0 Å². The molecule has 4 heteroatoms. The number of carbonyl (C=O) groups is 1. The zero-order valence-corrected chi connectivity index (χ0v) is 13.4. The number of aromatic nitrogens is 1. The van der Waals surface area contributed by atoms with E-state index in [9.17, 15) is 4.79 Å². The van der Waals surface area contributed by atoms with Gasteiger partial charge in [0.25, 0.3) is 5.91 Å². The average molecular weight is 320 g/mol. The maximum Gasteiger partial charge on any atom is 0.261 e. The Morgan fingerprint density at radius 1 is 1.12 bits per heavy atom. The molecule has 1 aromatic heterocycles. The summed E-state index contributed by atoms with van der Waals surface area (Å²) in [6.45, 7) is 0.724. The van der Waals surface area contributed by atoms with Crippen molar-refractivity contribution in [3.63, 3.8) is 0 Å². The first-order valence-corrected chi connectivity index (χ1v) is 8.33. The van der Waals surface area contributed by atoms with Crippen LogP contribution in [0.2, 0.25) is 0 Å². The van der Waals surface area contributed by atoms with Crippen molar-refractivity contribution in [1.29, 1.82) is 0 Å². The number of hydrogen-bond acceptors (Lipinski definition) is 2. The molecule has 0 atom stereocenters. The second-order valence-electron chi connectivity index (χ2n) is 6.25. The Kier molecular flexibility index (Phi) is 3.95. The van der Waals surface area contributed by atoms with Crippen LogP contribution in [-0.4, -0.2) is 28.4 Å². The highest BCUT2D eigenvalue weighted by molar-refractivity contribution is 5.81. The van der Waals surface area contributed by atoms with E-state index in [1.54, 1.807) is 0 Å². The van der Waals surface area contributed by atoms with Crippen molar-refractivity contribution in [2.75, 3.05) is 6.61 Å². The molecule has 0 saturated heterocycles. The molecule has 0 aliphatic heterocycles. The summed E-state index contributed by atoms with van der Waals surface area (Å²) in [4.78, 5) is 17.8. The molecule has 0 spiro atoms. The summed E-state index contributed by atoms with van der Waals surface area (Å²) in [7, 11) is 0. The molecule has 0 radical (unpaired) electrons. The van der Waals surface area contributed by atoms with Gasteiger partial charge in [0.15, 0.2) is 6.61 Å². The van der Waals surface area contributed by atoms with Crippen LogP contribution in [0.5, 0.6) is 5.75 Å². The first kappa shape index (κ1) is 14.8. The third kappa shape index (κ3) is 3.27. The molecule has 1 heterocycles. The van der Waals surface area contributed by atoms with E-state index in [1.807, 2.05) is 41.4 Å². The Hall–Kier alpha value is -2.75. The van der Waals surface area contributed by atoms with E-state index < -0.39 is 0 Å². The number of amides is 1. The van der Waals surface area contributed by atoms with Gasteiger partial charge in [-0.25, -0.2) is 0 Å². The number of hydrogen-bond donors (Lipinski definition) is 1. The monoisotopic (exact) mass is 320 g/mol. The molecule has 0 unspecified atom stereocenters. The van der Waals surface area contributed by atoms with Crippen LogP contribution in [0, 0.1) is 0 Å². The maximum absolute atomic E-state index is 12.6. The highest BCUT2D eigenvalue weighted by Gasteiger charge is 2.32. The molecule has 122 valence electrons. The van der Waals surface area contributed by atoms with Gasteiger partial charge in [0.1, 0.15) is 5.75 Å². The van der Waals surface area contributed by atoms with E-state index in [-0.39, 0.29) is 12.5 Å². The number of rotatable bonds is 6. The van der Waals surface area contributed by atoms with Crippen LogP contribution >= 0.6 is 0 Å². The van der Waals surface area contributed by atoms with Crippen molar-refractivity contribution in [1.82, 2.24) is 9.88 Å². The fraction of sp³-hybridized carbons (Fsp3) is 0.250. The van der Waals surface area contributed by atoms with Gasteiger partial charge in [-0.3, -0.25) is 4.79 Å². The molecule has 1 fully saturated rings. The topological polar surface area (TPSA) is 45.3 Å². The van der Waals surface area contributed by atoms with E-state index >= 15 is 0 Å². The van der Waals surface area contributed by atoms with Gasteiger partial charge < -0.3 is 14.6 Å². The van der Waals surface area contributed by atoms with Gasteiger partial charge in [0.05, 0.1) is 0 Å². The lowest BCUT2D eigenvalue weighted by Crippen LogP contribution is -2.36. The first-order chi connectivity index (χ1) is 11.8. The van der Waals surface area contributed by atoms with Gasteiger partial charge in [-0.15, -0.1) is 0 Å². The third-order valence-electron chi connectivity index (χ3n) is 4.39. The average Bonchev–Trinajstić information content (AvgIpc) is 3.35. The maximum atomic E-state index is 12.6. The summed E-state index contributed by atoms with van der Waals surface area (Å²) in [6.07, 6.45) is 4.11. The molecule has 24 heavy (non-hydrogen) atoms. The van der Waals surface area contributed by atoms with Crippen LogP contribution in [0.3, 0.4) is 0 Å². The lowest BCUT2D eigenvalue weighted by molar-refractivity contribution is -0.134. The predicted molar refractivity (Wildman–Crippen MR) is 93.8 cm³/mol. The van der Waals surface area contributed by atoms with Crippen molar-refractivity contribution < 1.29 is 9.53 Å². The number of benzene rings is 2. The van der Waals surface area contributed by atoms with Gasteiger partial charge in [-0.05, 0) is 48.1 Å². The van der Waals surface area contributed by atoms with Crippen LogP contribution in [0.25, 0.3) is 10.9 Å². The van der Waals surface area contributed by atoms with Gasteiger partial charge in [0, 0.05) is 24.3 Å². The summed E-state index contributed by atoms with van der Waals surface area (Å²) >= 11 is 0. The Balaban J connectivity index is 1.44. The van der Waals surface area contributed by atoms with Crippen molar-refractivity contribution in [2.24, 2.45) is 0 Å². The number of para-hydroxylation sites is 1. The number of aromatic amines is 1. The quantitative estimate of drug-likeness (QED) is 0.752. The predicted octanol–water partition coefficient (Wildman–Crippen LogP) is 3.74. The largest absolute Gasteiger partial charge is 0.484 e. The van der Waals surface area contributed by atoms with E-state index in [4.69, 9.17) is 4.74 Å². The lowest BCUT2D eigenvalue weighted by atomic mass is 10.1. The number of nitrogens with one attached hydrogen (secondary N) is 1. The zero-order chi connectivity index (χ0) is 16.4. The fourth-order valence-electron chi connectivity index (χ4n) is 2.94. The van der Waals surface area contributed by atoms with Crippen molar-refractivity contribution in [3.8, 4) is 5.75 Å². The summed E-state index contributed by atoms with van der Waals surface area (Å²) in [5.41, 5.74) is 2.25. The van der Waals surface area contributed by atoms with Crippen LogP contribution in [0.15, 0.2) is 60.8 Å². The lowest BCUT2D eigenvalue weighted by Gasteiger charge is -2.22. The van der Waals surface area contributed by atoms with Gasteiger partial charge in [-0.1, -0.05) is 30.3 Å². The molecule has 0 bridgehead atoms. The number of ether oxygens (including phenoxy) is 1. The molecule has 4 nitrogen and oxygen atoms in total. The Labute approximate surface area is 141 Å². The summed E-state index contributed by atoms with van der Waals surface area (Å²) in [5.74, 6) is 0.780. The molecule has 2 aromatic carbocycles. The Bertz CT molecular complexity index is 837. The Morgan fingerprint density at radius 2 is 1.96 bits per heavy atom. The molecule has 3 aromatic rings. The van der Waals surface area contributed by atoms with Crippen molar-refractivity contribution in [3.05, 3.63) is 66.4 Å². The molecule has 1 aliphatic carbocycles. The highest BCUT2D eigenvalue weighted by atomic mass is 16.5. The molecular weight excluding hydrogens is 300 g/mol. The van der Waals surface area contributed by atoms with E-state index in [1.165, 1.54) is 5.39 Å². The molecule has 1 amide bonds. The number of H-pyrrole nitrogens is 1. The number of nitrogens with zero attached hydrogens (tertiary/aromatic N) is 1. The first-order valence-electron chi connectivity index (χ1n) is 8.33. The number of fused-ring (bicyclic) bond motifs is 1. The van der Waals surface area contributed by atoms with Crippen LogP contribution < -0.4 is 4.74 Å². The van der Waals surface area contributed by atoms with Crippen LogP contribution in [0.1, 0.15) is 18.4 Å². The van der Waals surface area contributed by atoms with E-state index in [2.05, 4.69) is 29.2 Å². The highest BCUT2D eigenvalue weighted by Crippen LogP contribution is 2.29. The van der Waals surface area contributed by atoms with Gasteiger partial charge in [0.2, 0.25) is 0 Å². The minimum Gasteiger partial charge on any atom is -0.484 e. The minimum atomic E-state index is 0.0490. The zero-order valence-electron chi connectivity index (χ0n) is 13.4. The Morgan fingerprint density at radius 3 is 2.75 bits per heavy atom. The second-order valence-corrected chi connectivity index (χ2v) is 6.25. The summed E-state index contributed by atoms with van der Waals surface area (Å²) < 4.78 is 5.62. The molecular formula is C20H20N2O2. The third-order valence-corrected chi connectivity index (χ3v) is 4.39. The SMILES string of the molecule is O=C(COc1ccccc1)N(Cc1ccc2cc[nH]c2c1)C1CC1. The normalized spacial score (nSPS) is 13.8. The summed E-state index contributed by atoms with van der Waals surface area (Å²) in [5, 5.41) is 1.19. The molecule has 1 aliphatic rings. The van der Waals surface area contributed by atoms with Crippen LogP contribution in [-0.2, 0) is 11.3 Å². The van der Waals surface area contributed by atoms with E-state index in [0.717, 1.165) is 29.7 Å². The number of carbonyl (C=O) groups excluding carboxylic acids is 1. The second kappa shape index (κ2) is 6.40. The van der Waals surface area contributed by atoms with E-state index in [0.29, 0.717) is 12.6 Å².